The molecule has 0 aromatic carbocycles. The Morgan fingerprint density at radius 1 is 1.00 bits per heavy atom. The van der Waals surface area contributed by atoms with Gasteiger partial charge in [-0.2, -0.15) is 0 Å². The molecule has 108 valence electrons. The van der Waals surface area contributed by atoms with Gasteiger partial charge in [-0.25, -0.2) is 19.2 Å². The monoisotopic (exact) mass is 278 g/mol. The van der Waals surface area contributed by atoms with Crippen molar-refractivity contribution in [2.24, 2.45) is 0 Å². The molecule has 2 unspecified atom stereocenters. The third kappa shape index (κ3) is 6.99. The van der Waals surface area contributed by atoms with Gasteiger partial charge in [0.15, 0.2) is 18.8 Å². The fourth-order valence-electron chi connectivity index (χ4n) is 0.785. The minimum absolute atomic E-state index is 0.772. The maximum Gasteiger partial charge on any atom is 0.347 e. The van der Waals surface area contributed by atoms with E-state index in [9.17, 15) is 19.2 Å². The number of carboxylic acids is 1. The predicted octanol–water partition coefficient (Wildman–Crippen LogP) is -1.53. The van der Waals surface area contributed by atoms with Crippen molar-refractivity contribution in [1.29, 1.82) is 0 Å². The molecule has 0 aromatic heterocycles. The summed E-state index contributed by atoms with van der Waals surface area (Å²) in [5.41, 5.74) is 0. The minimum atomic E-state index is -1.37. The highest BCUT2D eigenvalue weighted by molar-refractivity contribution is 5.83. The highest BCUT2D eigenvalue weighted by Gasteiger charge is 2.24. The molecule has 0 saturated carbocycles. The van der Waals surface area contributed by atoms with E-state index >= 15 is 0 Å². The van der Waals surface area contributed by atoms with Crippen LogP contribution in [0.1, 0.15) is 13.8 Å². The Hall–Kier alpha value is -2.16. The molecule has 9 heteroatoms. The van der Waals surface area contributed by atoms with Gasteiger partial charge in [0.05, 0.1) is 0 Å². The van der Waals surface area contributed by atoms with E-state index in [1.54, 1.807) is 0 Å². The summed E-state index contributed by atoms with van der Waals surface area (Å²) in [6.45, 7) is 0.646. The van der Waals surface area contributed by atoms with Gasteiger partial charge in [-0.15, -0.1) is 0 Å². The van der Waals surface area contributed by atoms with Crippen LogP contribution in [0, 0.1) is 0 Å². The van der Waals surface area contributed by atoms with Crippen LogP contribution >= 0.6 is 0 Å². The fraction of sp³-hybridized carbons (Fsp3) is 0.600. The molecule has 0 spiro atoms. The Morgan fingerprint density at radius 2 is 1.58 bits per heavy atom. The summed E-state index contributed by atoms with van der Waals surface area (Å²) in [5.74, 6) is -4.44. The van der Waals surface area contributed by atoms with Crippen molar-refractivity contribution >= 4 is 23.9 Å². The Labute approximate surface area is 108 Å². The first-order valence-corrected chi connectivity index (χ1v) is 5.17. The Morgan fingerprint density at radius 3 is 2.05 bits per heavy atom. The maximum absolute atomic E-state index is 11.3. The largest absolute Gasteiger partial charge is 0.479 e. The average molecular weight is 278 g/mol. The number of ether oxygens (including phenoxy) is 3. The Balaban J connectivity index is 4.11. The first-order chi connectivity index (χ1) is 8.77. The van der Waals surface area contributed by atoms with Crippen LogP contribution in [0.25, 0.3) is 0 Å². The number of rotatable bonds is 7. The zero-order valence-corrected chi connectivity index (χ0v) is 10.3. The summed E-state index contributed by atoms with van der Waals surface area (Å²) in [6, 6.07) is 0. The Kier molecular flexibility index (Phi) is 7.12. The smallest absolute Gasteiger partial charge is 0.347 e. The number of aliphatic carboxylic acids is 1. The molecule has 0 bridgehead atoms. The van der Waals surface area contributed by atoms with Gasteiger partial charge < -0.3 is 24.4 Å². The molecule has 0 aliphatic heterocycles. The topological polar surface area (TPSA) is 136 Å². The lowest BCUT2D eigenvalue weighted by molar-refractivity contribution is -0.177. The van der Waals surface area contributed by atoms with Gasteiger partial charge in [-0.05, 0) is 13.8 Å². The van der Waals surface area contributed by atoms with Gasteiger partial charge in [0.2, 0.25) is 0 Å². The van der Waals surface area contributed by atoms with Crippen LogP contribution in [0.5, 0.6) is 0 Å². The fourth-order valence-corrected chi connectivity index (χ4v) is 0.785. The van der Waals surface area contributed by atoms with E-state index in [2.05, 4.69) is 14.2 Å². The Bertz CT molecular complexity index is 362. The van der Waals surface area contributed by atoms with E-state index in [4.69, 9.17) is 10.2 Å². The molecule has 2 N–H and O–H groups in total. The van der Waals surface area contributed by atoms with Crippen molar-refractivity contribution in [2.45, 2.75) is 26.1 Å². The molecule has 0 aliphatic carbocycles. The highest BCUT2D eigenvalue weighted by atomic mass is 16.6. The molecule has 0 radical (unpaired) electrons. The summed E-state index contributed by atoms with van der Waals surface area (Å²) >= 11 is 0. The average Bonchev–Trinajstić information content (AvgIpc) is 2.35. The molecule has 0 amide bonds. The van der Waals surface area contributed by atoms with E-state index in [0.29, 0.717) is 0 Å². The SMILES string of the molecule is CC(OC(=O)C(C)OC(=O)COC(=O)CO)C(=O)O. The summed E-state index contributed by atoms with van der Waals surface area (Å²) in [7, 11) is 0. The number of aliphatic hydroxyl groups is 1. The van der Waals surface area contributed by atoms with Crippen LogP contribution < -0.4 is 0 Å². The number of carbonyl (C=O) groups is 4. The lowest BCUT2D eigenvalue weighted by Gasteiger charge is -2.14. The summed E-state index contributed by atoms with van der Waals surface area (Å²) in [6.07, 6.45) is -2.72. The number of carboxylic acid groups (broad SMARTS) is 1. The third-order valence-electron chi connectivity index (χ3n) is 1.76. The van der Waals surface area contributed by atoms with E-state index < -0.39 is 49.3 Å². The van der Waals surface area contributed by atoms with E-state index in [-0.39, 0.29) is 0 Å². The van der Waals surface area contributed by atoms with Crippen molar-refractivity contribution in [2.75, 3.05) is 13.2 Å². The van der Waals surface area contributed by atoms with Gasteiger partial charge in [-0.1, -0.05) is 0 Å². The van der Waals surface area contributed by atoms with Crippen molar-refractivity contribution in [3.8, 4) is 0 Å². The second-order valence-electron chi connectivity index (χ2n) is 3.37. The quantitative estimate of drug-likeness (QED) is 0.419. The number of esters is 3. The van der Waals surface area contributed by atoms with E-state index in [1.807, 2.05) is 0 Å². The normalized spacial score (nSPS) is 13.0. The summed E-state index contributed by atoms with van der Waals surface area (Å²) < 4.78 is 13.2. The number of hydrogen-bond acceptors (Lipinski definition) is 8. The van der Waals surface area contributed by atoms with Crippen molar-refractivity contribution < 1.29 is 43.6 Å². The predicted molar refractivity (Wildman–Crippen MR) is 56.8 cm³/mol. The van der Waals surface area contributed by atoms with Crippen molar-refractivity contribution in [3.63, 3.8) is 0 Å². The van der Waals surface area contributed by atoms with Crippen LogP contribution in [0.15, 0.2) is 0 Å². The first kappa shape index (κ1) is 16.8. The molecule has 19 heavy (non-hydrogen) atoms. The van der Waals surface area contributed by atoms with Crippen LogP contribution in [-0.2, 0) is 33.4 Å². The zero-order chi connectivity index (χ0) is 15.0. The summed E-state index contributed by atoms with van der Waals surface area (Å²) in [4.78, 5) is 43.3. The second kappa shape index (κ2) is 8.03. The molecule has 2 atom stereocenters. The number of carbonyl (C=O) groups excluding carboxylic acids is 3. The molecule has 0 aliphatic rings. The van der Waals surface area contributed by atoms with Crippen molar-refractivity contribution in [1.82, 2.24) is 0 Å². The van der Waals surface area contributed by atoms with E-state index in [1.165, 1.54) is 6.92 Å². The minimum Gasteiger partial charge on any atom is -0.479 e. The van der Waals surface area contributed by atoms with Crippen LogP contribution in [0.4, 0.5) is 0 Å². The molecule has 0 rings (SSSR count). The lowest BCUT2D eigenvalue weighted by Crippen LogP contribution is -2.33. The van der Waals surface area contributed by atoms with Gasteiger partial charge in [0.1, 0.15) is 6.61 Å². The van der Waals surface area contributed by atoms with Crippen LogP contribution in [0.3, 0.4) is 0 Å². The summed E-state index contributed by atoms with van der Waals surface area (Å²) in [5, 5.41) is 16.8. The highest BCUT2D eigenvalue weighted by Crippen LogP contribution is 2.00. The maximum atomic E-state index is 11.3. The van der Waals surface area contributed by atoms with Gasteiger partial charge >= 0.3 is 23.9 Å². The van der Waals surface area contributed by atoms with Crippen LogP contribution in [-0.4, -0.2) is 59.5 Å². The van der Waals surface area contributed by atoms with Crippen molar-refractivity contribution in [3.05, 3.63) is 0 Å². The number of hydrogen-bond donors (Lipinski definition) is 2. The molecule has 0 saturated heterocycles. The van der Waals surface area contributed by atoms with Crippen LogP contribution in [0.2, 0.25) is 0 Å². The number of aliphatic hydroxyl groups excluding tert-OH is 1. The van der Waals surface area contributed by atoms with Gasteiger partial charge in [0, 0.05) is 0 Å². The molecule has 0 heterocycles. The molecule has 0 aromatic rings. The van der Waals surface area contributed by atoms with Gasteiger partial charge in [0.25, 0.3) is 0 Å². The second-order valence-corrected chi connectivity index (χ2v) is 3.37. The van der Waals surface area contributed by atoms with E-state index in [0.717, 1.165) is 6.92 Å². The standard InChI is InChI=1S/C10H14O9/c1-5(9(14)15)19-10(16)6(2)18-8(13)4-17-7(12)3-11/h5-6,11H,3-4H2,1-2H3,(H,14,15). The zero-order valence-electron chi connectivity index (χ0n) is 10.3. The molecule has 0 fully saturated rings. The lowest BCUT2D eigenvalue weighted by atomic mass is 10.4. The van der Waals surface area contributed by atoms with Gasteiger partial charge in [-0.3, -0.25) is 0 Å². The molecular formula is C10H14O9. The molecular weight excluding hydrogens is 264 g/mol. The third-order valence-corrected chi connectivity index (χ3v) is 1.76. The molecule has 9 nitrogen and oxygen atoms in total. The first-order valence-electron chi connectivity index (χ1n) is 5.17.